The molecule has 0 spiro atoms. The highest BCUT2D eigenvalue weighted by Crippen LogP contribution is 2.30. The van der Waals surface area contributed by atoms with Gasteiger partial charge in [-0.2, -0.15) is 5.10 Å². The molecule has 112 valence electrons. The van der Waals surface area contributed by atoms with Crippen LogP contribution in [-0.2, 0) is 13.1 Å². The van der Waals surface area contributed by atoms with E-state index in [0.29, 0.717) is 6.04 Å². The van der Waals surface area contributed by atoms with Gasteiger partial charge >= 0.3 is 0 Å². The molecular formula is C17H24N4. The summed E-state index contributed by atoms with van der Waals surface area (Å²) in [5, 5.41) is 9.80. The van der Waals surface area contributed by atoms with Gasteiger partial charge in [0.05, 0.1) is 17.8 Å². The van der Waals surface area contributed by atoms with Crippen LogP contribution in [0.5, 0.6) is 0 Å². The van der Waals surface area contributed by atoms with Crippen molar-refractivity contribution in [1.29, 1.82) is 0 Å². The van der Waals surface area contributed by atoms with E-state index in [1.807, 2.05) is 0 Å². The Morgan fingerprint density at radius 3 is 2.95 bits per heavy atom. The molecule has 0 radical (unpaired) electrons. The lowest BCUT2D eigenvalue weighted by Crippen LogP contribution is -2.32. The normalized spacial score (nSPS) is 27.0. The Labute approximate surface area is 126 Å². The SMILES string of the molecule is CC1CCC(c2ccc3nn4c(c3c2)CN(C)CC4)NC1. The van der Waals surface area contributed by atoms with Crippen LogP contribution < -0.4 is 5.32 Å². The molecule has 2 aliphatic rings. The first-order valence-corrected chi connectivity index (χ1v) is 8.12. The van der Waals surface area contributed by atoms with Crippen molar-refractivity contribution in [2.24, 2.45) is 5.92 Å². The van der Waals surface area contributed by atoms with Crippen molar-refractivity contribution in [3.05, 3.63) is 29.5 Å². The Morgan fingerprint density at radius 2 is 2.14 bits per heavy atom. The van der Waals surface area contributed by atoms with Crippen LogP contribution >= 0.6 is 0 Å². The second-order valence-corrected chi connectivity index (χ2v) is 6.83. The minimum atomic E-state index is 0.516. The van der Waals surface area contributed by atoms with E-state index in [9.17, 15) is 0 Å². The van der Waals surface area contributed by atoms with E-state index in [4.69, 9.17) is 5.10 Å². The van der Waals surface area contributed by atoms with E-state index in [1.54, 1.807) is 0 Å². The number of aromatic nitrogens is 2. The van der Waals surface area contributed by atoms with E-state index in [1.165, 1.54) is 29.5 Å². The molecule has 1 fully saturated rings. The molecule has 1 aromatic carbocycles. The van der Waals surface area contributed by atoms with Crippen LogP contribution in [0.4, 0.5) is 0 Å². The number of hydrogen-bond acceptors (Lipinski definition) is 3. The van der Waals surface area contributed by atoms with Crippen LogP contribution in [0.2, 0.25) is 0 Å². The predicted molar refractivity (Wildman–Crippen MR) is 85.2 cm³/mol. The predicted octanol–water partition coefficient (Wildman–Crippen LogP) is 2.54. The molecular weight excluding hydrogens is 260 g/mol. The van der Waals surface area contributed by atoms with Crippen LogP contribution in [-0.4, -0.2) is 34.8 Å². The number of benzene rings is 1. The summed E-state index contributed by atoms with van der Waals surface area (Å²) in [5.74, 6) is 0.808. The Kier molecular flexibility index (Phi) is 3.23. The van der Waals surface area contributed by atoms with Gasteiger partial charge in [-0.1, -0.05) is 13.0 Å². The fraction of sp³-hybridized carbons (Fsp3) is 0.588. The standard InChI is InChI=1S/C17H24N4/c1-12-3-5-15(18-10-12)13-4-6-16-14(9-13)17-11-20(2)7-8-21(17)19-16/h4,6,9,12,15,18H,3,5,7-8,10-11H2,1-2H3. The van der Waals surface area contributed by atoms with E-state index < -0.39 is 0 Å². The number of rotatable bonds is 1. The van der Waals surface area contributed by atoms with Gasteiger partial charge in [0.2, 0.25) is 0 Å². The Balaban J connectivity index is 1.70. The molecule has 0 saturated carbocycles. The van der Waals surface area contributed by atoms with Gasteiger partial charge in [-0.25, -0.2) is 0 Å². The van der Waals surface area contributed by atoms with Crippen LogP contribution in [0, 0.1) is 5.92 Å². The minimum Gasteiger partial charge on any atom is -0.310 e. The summed E-state index contributed by atoms with van der Waals surface area (Å²) < 4.78 is 2.20. The summed E-state index contributed by atoms with van der Waals surface area (Å²) in [4.78, 5) is 2.38. The lowest BCUT2D eigenvalue weighted by Gasteiger charge is -2.28. The molecule has 1 saturated heterocycles. The average molecular weight is 284 g/mol. The monoisotopic (exact) mass is 284 g/mol. The maximum absolute atomic E-state index is 4.76. The molecule has 2 unspecified atom stereocenters. The van der Waals surface area contributed by atoms with Gasteiger partial charge in [-0.05, 0) is 50.0 Å². The Hall–Kier alpha value is -1.39. The van der Waals surface area contributed by atoms with E-state index >= 15 is 0 Å². The summed E-state index contributed by atoms with van der Waals surface area (Å²) in [5.41, 5.74) is 3.96. The molecule has 1 N–H and O–H groups in total. The van der Waals surface area contributed by atoms with Crippen molar-refractivity contribution in [3.8, 4) is 0 Å². The van der Waals surface area contributed by atoms with E-state index in [2.05, 4.69) is 47.1 Å². The molecule has 1 aromatic heterocycles. The molecule has 2 aliphatic heterocycles. The van der Waals surface area contributed by atoms with Gasteiger partial charge in [0.25, 0.3) is 0 Å². The Morgan fingerprint density at radius 1 is 1.24 bits per heavy atom. The third-order valence-corrected chi connectivity index (χ3v) is 5.05. The maximum atomic E-state index is 4.76. The van der Waals surface area contributed by atoms with Crippen molar-refractivity contribution in [3.63, 3.8) is 0 Å². The third-order valence-electron chi connectivity index (χ3n) is 5.05. The zero-order valence-corrected chi connectivity index (χ0v) is 13.0. The molecule has 2 aromatic rings. The molecule has 0 aliphatic carbocycles. The van der Waals surface area contributed by atoms with Crippen LogP contribution in [0.15, 0.2) is 18.2 Å². The summed E-state index contributed by atoms with van der Waals surface area (Å²) in [7, 11) is 2.19. The molecule has 3 heterocycles. The lowest BCUT2D eigenvalue weighted by atomic mass is 9.91. The number of likely N-dealkylation sites (N-methyl/N-ethyl adjacent to an activating group) is 1. The second kappa shape index (κ2) is 5.11. The first-order chi connectivity index (χ1) is 10.2. The Bertz CT molecular complexity index is 652. The highest BCUT2D eigenvalue weighted by Gasteiger charge is 2.22. The van der Waals surface area contributed by atoms with Crippen molar-refractivity contribution in [1.82, 2.24) is 20.0 Å². The van der Waals surface area contributed by atoms with Crippen molar-refractivity contribution < 1.29 is 0 Å². The lowest BCUT2D eigenvalue weighted by molar-refractivity contribution is 0.260. The van der Waals surface area contributed by atoms with Gasteiger partial charge in [-0.3, -0.25) is 9.58 Å². The van der Waals surface area contributed by atoms with Gasteiger partial charge in [0, 0.05) is 24.5 Å². The molecule has 4 heteroatoms. The maximum Gasteiger partial charge on any atom is 0.0927 e. The number of hydrogen-bond donors (Lipinski definition) is 1. The van der Waals surface area contributed by atoms with Crippen LogP contribution in [0.25, 0.3) is 10.9 Å². The molecule has 21 heavy (non-hydrogen) atoms. The first-order valence-electron chi connectivity index (χ1n) is 8.12. The zero-order valence-electron chi connectivity index (χ0n) is 13.0. The van der Waals surface area contributed by atoms with E-state index in [0.717, 1.165) is 37.6 Å². The number of piperidine rings is 1. The number of fused-ring (bicyclic) bond motifs is 3. The van der Waals surface area contributed by atoms with Gasteiger partial charge in [0.15, 0.2) is 0 Å². The highest BCUT2D eigenvalue weighted by atomic mass is 15.3. The first kappa shape index (κ1) is 13.3. The molecule has 0 amide bonds. The zero-order chi connectivity index (χ0) is 14.4. The largest absolute Gasteiger partial charge is 0.310 e. The minimum absolute atomic E-state index is 0.516. The van der Waals surface area contributed by atoms with E-state index in [-0.39, 0.29) is 0 Å². The quantitative estimate of drug-likeness (QED) is 0.873. The van der Waals surface area contributed by atoms with Crippen molar-refractivity contribution in [2.75, 3.05) is 20.1 Å². The third kappa shape index (κ3) is 2.36. The fourth-order valence-electron chi connectivity index (χ4n) is 3.65. The molecule has 4 rings (SSSR count). The summed E-state index contributed by atoms with van der Waals surface area (Å²) in [6, 6.07) is 7.36. The van der Waals surface area contributed by atoms with Gasteiger partial charge in [-0.15, -0.1) is 0 Å². The van der Waals surface area contributed by atoms with Crippen molar-refractivity contribution >= 4 is 10.9 Å². The highest BCUT2D eigenvalue weighted by molar-refractivity contribution is 5.82. The molecule has 0 bridgehead atoms. The summed E-state index contributed by atoms with van der Waals surface area (Å²) in [6.45, 7) is 6.58. The fourth-order valence-corrected chi connectivity index (χ4v) is 3.65. The van der Waals surface area contributed by atoms with Crippen molar-refractivity contribution in [2.45, 2.75) is 38.9 Å². The second-order valence-electron chi connectivity index (χ2n) is 6.83. The molecule has 4 nitrogen and oxygen atoms in total. The molecule has 2 atom stereocenters. The van der Waals surface area contributed by atoms with Gasteiger partial charge in [0.1, 0.15) is 0 Å². The van der Waals surface area contributed by atoms with Gasteiger partial charge < -0.3 is 5.32 Å². The van der Waals surface area contributed by atoms with Crippen LogP contribution in [0.3, 0.4) is 0 Å². The van der Waals surface area contributed by atoms with Crippen LogP contribution in [0.1, 0.15) is 37.1 Å². The average Bonchev–Trinajstić information content (AvgIpc) is 2.85. The summed E-state index contributed by atoms with van der Waals surface area (Å²) in [6.07, 6.45) is 2.57. The number of nitrogens with one attached hydrogen (secondary N) is 1. The summed E-state index contributed by atoms with van der Waals surface area (Å²) >= 11 is 0. The topological polar surface area (TPSA) is 33.1 Å². The smallest absolute Gasteiger partial charge is 0.0927 e. The number of nitrogens with zero attached hydrogens (tertiary/aromatic N) is 3.